The maximum Gasteiger partial charge on any atom is 0.393 e. The zero-order valence-corrected chi connectivity index (χ0v) is 17.1. The molecule has 2 aromatic rings. The van der Waals surface area contributed by atoms with E-state index in [1.54, 1.807) is 24.8 Å². The van der Waals surface area contributed by atoms with E-state index in [0.717, 1.165) is 29.9 Å². The first-order valence-corrected chi connectivity index (χ1v) is 10.2. The molecule has 3 rings (SSSR count). The molecule has 1 amide bonds. The third-order valence-electron chi connectivity index (χ3n) is 4.69. The number of anilines is 2. The van der Waals surface area contributed by atoms with Crippen LogP contribution in [0.3, 0.4) is 0 Å². The fraction of sp³-hybridized carbons (Fsp3) is 0.526. The Morgan fingerprint density at radius 3 is 2.62 bits per heavy atom. The highest BCUT2D eigenvalue weighted by Gasteiger charge is 2.31. The van der Waals surface area contributed by atoms with Gasteiger partial charge in [0.15, 0.2) is 5.13 Å². The second kappa shape index (κ2) is 8.27. The average Bonchev–Trinajstić information content (AvgIpc) is 3.05. The van der Waals surface area contributed by atoms with Crippen LogP contribution in [0, 0.1) is 0 Å². The minimum atomic E-state index is -4.25. The number of nitrogens with zero attached hydrogens (tertiary/aromatic N) is 3. The molecule has 0 atom stereocenters. The molecule has 3 N–H and O–H groups in total. The maximum atomic E-state index is 12.5. The summed E-state index contributed by atoms with van der Waals surface area (Å²) in [5, 5.41) is 3.36. The van der Waals surface area contributed by atoms with Crippen molar-refractivity contribution in [2.75, 3.05) is 18.4 Å². The number of nitrogens with two attached hydrogens (primary N) is 1. The van der Waals surface area contributed by atoms with Crippen molar-refractivity contribution in [2.45, 2.75) is 50.7 Å². The first-order chi connectivity index (χ1) is 13.5. The Morgan fingerprint density at radius 1 is 1.31 bits per heavy atom. The Kier molecular flexibility index (Phi) is 6.13. The number of carbonyl (C=O) groups is 1. The third-order valence-corrected chi connectivity index (χ3v) is 5.60. The molecule has 0 unspecified atom stereocenters. The maximum absolute atomic E-state index is 12.5. The van der Waals surface area contributed by atoms with Gasteiger partial charge in [-0.2, -0.15) is 13.2 Å². The Balaban J connectivity index is 1.61. The van der Waals surface area contributed by atoms with Gasteiger partial charge in [-0.1, -0.05) is 6.07 Å². The summed E-state index contributed by atoms with van der Waals surface area (Å²) in [7, 11) is 0. The van der Waals surface area contributed by atoms with Gasteiger partial charge in [0.05, 0.1) is 12.0 Å². The van der Waals surface area contributed by atoms with E-state index in [2.05, 4.69) is 15.3 Å². The number of carbonyl (C=O) groups excluding carboxylic acids is 1. The molecule has 10 heteroatoms. The first-order valence-electron chi connectivity index (χ1n) is 9.35. The Hall–Kier alpha value is -2.20. The number of thiazole rings is 1. The van der Waals surface area contributed by atoms with Crippen molar-refractivity contribution in [3.05, 3.63) is 35.0 Å². The van der Waals surface area contributed by atoms with E-state index in [9.17, 15) is 18.0 Å². The molecule has 0 bridgehead atoms. The largest absolute Gasteiger partial charge is 0.393 e. The lowest BCUT2D eigenvalue weighted by atomic mass is 9.92. The minimum Gasteiger partial charge on any atom is -0.341 e. The highest BCUT2D eigenvalue weighted by molar-refractivity contribution is 7.15. The SMILES string of the molecule is CC(C)(N)C(=O)N1CCC(c2cccc(Nc3ncc(CC(F)(F)F)s3)n2)CC1. The number of likely N-dealkylation sites (tertiary alicyclic amines) is 1. The van der Waals surface area contributed by atoms with Crippen molar-refractivity contribution in [3.63, 3.8) is 0 Å². The number of nitrogens with one attached hydrogen (secondary N) is 1. The summed E-state index contributed by atoms with van der Waals surface area (Å²) in [6.07, 6.45) is -2.44. The number of pyridine rings is 1. The van der Waals surface area contributed by atoms with E-state index in [4.69, 9.17) is 5.73 Å². The van der Waals surface area contributed by atoms with Crippen molar-refractivity contribution in [2.24, 2.45) is 5.73 Å². The number of aromatic nitrogens is 2. The van der Waals surface area contributed by atoms with E-state index in [0.29, 0.717) is 24.0 Å². The molecular formula is C19H24F3N5OS. The molecule has 6 nitrogen and oxygen atoms in total. The quantitative estimate of drug-likeness (QED) is 0.758. The summed E-state index contributed by atoms with van der Waals surface area (Å²) in [4.78, 5) is 22.8. The van der Waals surface area contributed by atoms with Gasteiger partial charge in [0.1, 0.15) is 5.82 Å². The zero-order chi connectivity index (χ0) is 21.2. The van der Waals surface area contributed by atoms with E-state index in [1.165, 1.54) is 6.20 Å². The molecule has 29 heavy (non-hydrogen) atoms. The van der Waals surface area contributed by atoms with Crippen molar-refractivity contribution in [3.8, 4) is 0 Å². The highest BCUT2D eigenvalue weighted by Crippen LogP contribution is 2.30. The molecule has 1 fully saturated rings. The van der Waals surface area contributed by atoms with Crippen LogP contribution < -0.4 is 11.1 Å². The fourth-order valence-electron chi connectivity index (χ4n) is 3.29. The lowest BCUT2D eigenvalue weighted by Crippen LogP contribution is -2.53. The van der Waals surface area contributed by atoms with E-state index < -0.39 is 18.1 Å². The minimum absolute atomic E-state index is 0.0576. The van der Waals surface area contributed by atoms with Gasteiger partial charge < -0.3 is 16.0 Å². The average molecular weight is 427 g/mol. The van der Waals surface area contributed by atoms with Gasteiger partial charge in [0, 0.05) is 35.8 Å². The van der Waals surface area contributed by atoms with Gasteiger partial charge in [-0.05, 0) is 38.8 Å². The summed E-state index contributed by atoms with van der Waals surface area (Å²) in [6.45, 7) is 4.65. The smallest absolute Gasteiger partial charge is 0.341 e. The lowest BCUT2D eigenvalue weighted by molar-refractivity contribution is -0.136. The predicted molar refractivity (Wildman–Crippen MR) is 106 cm³/mol. The number of piperidine rings is 1. The summed E-state index contributed by atoms with van der Waals surface area (Å²) in [5.74, 6) is 0.688. The Bertz CT molecular complexity index is 854. The molecule has 0 radical (unpaired) electrons. The van der Waals surface area contributed by atoms with Crippen LogP contribution in [0.15, 0.2) is 24.4 Å². The molecule has 0 saturated carbocycles. The normalized spacial score (nSPS) is 16.1. The van der Waals surface area contributed by atoms with Gasteiger partial charge in [-0.3, -0.25) is 4.79 Å². The standard InChI is InChI=1S/C19H24F3N5OS/c1-18(2,23)16(28)27-8-6-12(7-9-27)14-4-3-5-15(25-14)26-17-24-11-13(29-17)10-19(20,21)22/h3-5,11-12H,6-10,23H2,1-2H3,(H,24,25,26). The molecule has 0 spiro atoms. The topological polar surface area (TPSA) is 84.1 Å². The second-order valence-electron chi connectivity index (χ2n) is 7.78. The molecule has 0 aromatic carbocycles. The van der Waals surface area contributed by atoms with Gasteiger partial charge in [-0.15, -0.1) is 11.3 Å². The van der Waals surface area contributed by atoms with Crippen LogP contribution in [0.1, 0.15) is 43.2 Å². The second-order valence-corrected chi connectivity index (χ2v) is 8.90. The van der Waals surface area contributed by atoms with Gasteiger partial charge in [-0.25, -0.2) is 9.97 Å². The molecule has 3 heterocycles. The molecule has 0 aliphatic carbocycles. The van der Waals surface area contributed by atoms with Crippen molar-refractivity contribution >= 4 is 28.2 Å². The monoisotopic (exact) mass is 427 g/mol. The molecular weight excluding hydrogens is 403 g/mol. The summed E-state index contributed by atoms with van der Waals surface area (Å²) < 4.78 is 37.5. The van der Waals surface area contributed by atoms with Crippen molar-refractivity contribution < 1.29 is 18.0 Å². The number of hydrogen-bond acceptors (Lipinski definition) is 6. The highest BCUT2D eigenvalue weighted by atomic mass is 32.1. The van der Waals surface area contributed by atoms with Crippen LogP contribution in [0.5, 0.6) is 0 Å². The zero-order valence-electron chi connectivity index (χ0n) is 16.3. The number of rotatable bonds is 5. The summed E-state index contributed by atoms with van der Waals surface area (Å²) in [5.41, 5.74) is 5.91. The van der Waals surface area contributed by atoms with Crippen LogP contribution in [-0.2, 0) is 11.2 Å². The molecule has 158 valence electrons. The van der Waals surface area contributed by atoms with Crippen molar-refractivity contribution in [1.29, 1.82) is 0 Å². The lowest BCUT2D eigenvalue weighted by Gasteiger charge is -2.35. The molecule has 2 aromatic heterocycles. The Morgan fingerprint density at radius 2 is 2.00 bits per heavy atom. The first kappa shape index (κ1) is 21.5. The van der Waals surface area contributed by atoms with Gasteiger partial charge in [0.2, 0.25) is 5.91 Å². The Labute approximate surface area is 171 Å². The van der Waals surface area contributed by atoms with E-state index in [1.807, 2.05) is 12.1 Å². The number of halogens is 3. The van der Waals surface area contributed by atoms with E-state index in [-0.39, 0.29) is 16.7 Å². The summed E-state index contributed by atoms with van der Waals surface area (Å²) >= 11 is 0.964. The van der Waals surface area contributed by atoms with Crippen molar-refractivity contribution in [1.82, 2.24) is 14.9 Å². The van der Waals surface area contributed by atoms with Crippen LogP contribution >= 0.6 is 11.3 Å². The van der Waals surface area contributed by atoms with Crippen LogP contribution in [0.4, 0.5) is 24.1 Å². The number of alkyl halides is 3. The van der Waals surface area contributed by atoms with Crippen LogP contribution in [0.25, 0.3) is 0 Å². The van der Waals surface area contributed by atoms with Gasteiger partial charge >= 0.3 is 6.18 Å². The molecule has 1 saturated heterocycles. The number of hydrogen-bond donors (Lipinski definition) is 2. The van der Waals surface area contributed by atoms with Crippen LogP contribution in [0.2, 0.25) is 0 Å². The van der Waals surface area contributed by atoms with Gasteiger partial charge in [0.25, 0.3) is 0 Å². The summed E-state index contributed by atoms with van der Waals surface area (Å²) in [6, 6.07) is 5.54. The third kappa shape index (κ3) is 5.89. The molecule has 1 aliphatic rings. The predicted octanol–water partition coefficient (Wildman–Crippen LogP) is 3.83. The van der Waals surface area contributed by atoms with Crippen LogP contribution in [-0.4, -0.2) is 45.6 Å². The fourth-order valence-corrected chi connectivity index (χ4v) is 4.14. The van der Waals surface area contributed by atoms with E-state index >= 15 is 0 Å². The molecule has 1 aliphatic heterocycles. The number of amides is 1.